The number of hydrogen-bond donors (Lipinski definition) is 1. The number of amides is 2. The number of halogens is 1. The summed E-state index contributed by atoms with van der Waals surface area (Å²) in [6.07, 6.45) is 5.89. The Bertz CT molecular complexity index is 1200. The Morgan fingerprint density at radius 3 is 2.48 bits per heavy atom. The van der Waals surface area contributed by atoms with Crippen LogP contribution in [0.4, 0.5) is 5.69 Å². The van der Waals surface area contributed by atoms with E-state index in [1.807, 2.05) is 17.0 Å². The van der Waals surface area contributed by atoms with Gasteiger partial charge in [0.2, 0.25) is 5.91 Å². The molecule has 0 unspecified atom stereocenters. The van der Waals surface area contributed by atoms with Crippen molar-refractivity contribution in [1.29, 1.82) is 0 Å². The van der Waals surface area contributed by atoms with Crippen LogP contribution in [-0.2, 0) is 16.1 Å². The van der Waals surface area contributed by atoms with Crippen LogP contribution in [0.25, 0.3) is 10.9 Å². The molecule has 1 N–H and O–H groups in total. The van der Waals surface area contributed by atoms with Gasteiger partial charge in [-0.05, 0) is 37.1 Å². The largest absolute Gasteiger partial charge is 0.495 e. The normalized spacial score (nSPS) is 14.1. The summed E-state index contributed by atoms with van der Waals surface area (Å²) in [6.45, 7) is 1.64. The summed E-state index contributed by atoms with van der Waals surface area (Å²) in [6, 6.07) is 12.0. The van der Waals surface area contributed by atoms with E-state index in [1.165, 1.54) is 13.2 Å². The molecular weight excluding hydrogens is 442 g/mol. The predicted molar refractivity (Wildman–Crippen MR) is 128 cm³/mol. The summed E-state index contributed by atoms with van der Waals surface area (Å²) in [5.74, 6) is -1.10. The summed E-state index contributed by atoms with van der Waals surface area (Å²) in [5, 5.41) is 3.62. The second-order valence-electron chi connectivity index (χ2n) is 8.11. The second-order valence-corrected chi connectivity index (χ2v) is 8.55. The number of aromatic nitrogens is 1. The molecule has 1 saturated heterocycles. The van der Waals surface area contributed by atoms with Crippen LogP contribution in [0.5, 0.6) is 5.75 Å². The third-order valence-corrected chi connectivity index (χ3v) is 6.15. The zero-order valence-corrected chi connectivity index (χ0v) is 19.2. The first-order chi connectivity index (χ1) is 16.0. The molecule has 0 spiro atoms. The van der Waals surface area contributed by atoms with Gasteiger partial charge in [0.15, 0.2) is 0 Å². The summed E-state index contributed by atoms with van der Waals surface area (Å²) in [5.41, 5.74) is 1.29. The van der Waals surface area contributed by atoms with Gasteiger partial charge >= 0.3 is 0 Å². The van der Waals surface area contributed by atoms with Gasteiger partial charge in [0.05, 0.1) is 18.4 Å². The molecule has 0 aliphatic carbocycles. The lowest BCUT2D eigenvalue weighted by Gasteiger charge is -2.20. The predicted octanol–water partition coefficient (Wildman–Crippen LogP) is 4.53. The maximum absolute atomic E-state index is 13.1. The number of methoxy groups -OCH3 is 1. The number of likely N-dealkylation sites (tertiary alicyclic amines) is 1. The molecule has 2 heterocycles. The third kappa shape index (κ3) is 5.03. The summed E-state index contributed by atoms with van der Waals surface area (Å²) in [4.78, 5) is 40.7. The minimum Gasteiger partial charge on any atom is -0.495 e. The van der Waals surface area contributed by atoms with Crippen molar-refractivity contribution in [3.63, 3.8) is 0 Å². The highest BCUT2D eigenvalue weighted by Gasteiger charge is 2.24. The number of Topliss-reactive ketones (excluding diaryl/α,β-unsaturated/α-hetero) is 1. The van der Waals surface area contributed by atoms with Crippen molar-refractivity contribution in [2.45, 2.75) is 32.2 Å². The molecule has 1 aromatic heterocycles. The Balaban J connectivity index is 1.59. The zero-order valence-electron chi connectivity index (χ0n) is 18.5. The molecule has 0 radical (unpaired) electrons. The molecule has 0 atom stereocenters. The van der Waals surface area contributed by atoms with Crippen molar-refractivity contribution >= 4 is 45.8 Å². The number of nitrogens with zero attached hydrogens (tertiary/aromatic N) is 2. The fourth-order valence-electron chi connectivity index (χ4n) is 4.20. The van der Waals surface area contributed by atoms with Gasteiger partial charge in [-0.25, -0.2) is 0 Å². The van der Waals surface area contributed by atoms with Crippen LogP contribution in [0.15, 0.2) is 48.7 Å². The van der Waals surface area contributed by atoms with Gasteiger partial charge in [-0.2, -0.15) is 0 Å². The zero-order chi connectivity index (χ0) is 23.4. The minimum absolute atomic E-state index is 0.0183. The lowest BCUT2D eigenvalue weighted by molar-refractivity contribution is -0.131. The number of carbonyl (C=O) groups is 3. The monoisotopic (exact) mass is 467 g/mol. The molecule has 4 rings (SSSR count). The maximum atomic E-state index is 13.1. The first-order valence-corrected chi connectivity index (χ1v) is 11.4. The molecule has 1 fully saturated rings. The molecule has 0 bridgehead atoms. The molecule has 7 nitrogen and oxygen atoms in total. The highest BCUT2D eigenvalue weighted by molar-refractivity contribution is 6.48. The molecule has 1 aliphatic heterocycles. The van der Waals surface area contributed by atoms with Crippen LogP contribution in [-0.4, -0.2) is 47.3 Å². The maximum Gasteiger partial charge on any atom is 0.296 e. The lowest BCUT2D eigenvalue weighted by atomic mass is 10.1. The summed E-state index contributed by atoms with van der Waals surface area (Å²) >= 11 is 6.03. The van der Waals surface area contributed by atoms with Crippen LogP contribution in [0.2, 0.25) is 5.02 Å². The topological polar surface area (TPSA) is 80.6 Å². The Morgan fingerprint density at radius 1 is 1.03 bits per heavy atom. The number of ether oxygens (including phenoxy) is 1. The third-order valence-electron chi connectivity index (χ3n) is 5.91. The molecule has 8 heteroatoms. The molecule has 172 valence electrons. The van der Waals surface area contributed by atoms with E-state index in [4.69, 9.17) is 16.3 Å². The molecular formula is C25H26ClN3O4. The van der Waals surface area contributed by atoms with Gasteiger partial charge in [0.25, 0.3) is 11.7 Å². The number of hydrogen-bond acceptors (Lipinski definition) is 4. The van der Waals surface area contributed by atoms with Crippen LogP contribution in [0.1, 0.15) is 36.0 Å². The number of ketones is 1. The molecule has 3 aromatic rings. The standard InChI is InChI=1S/C25H26ClN3O4/c1-33-22-11-10-17(26)14-20(22)27-25(32)24(31)19-15-29(21-9-5-4-8-18(19)21)16-23(30)28-12-6-2-3-7-13-28/h4-5,8-11,14-15H,2-3,6-7,12-13,16H2,1H3,(H,27,32). The number of carbonyl (C=O) groups excluding carboxylic acids is 3. The van der Waals surface area contributed by atoms with Crippen LogP contribution >= 0.6 is 11.6 Å². The van der Waals surface area contributed by atoms with E-state index in [-0.39, 0.29) is 18.0 Å². The number of fused-ring (bicyclic) bond motifs is 1. The number of benzene rings is 2. The Morgan fingerprint density at radius 2 is 1.76 bits per heavy atom. The van der Waals surface area contributed by atoms with E-state index in [0.717, 1.165) is 44.3 Å². The fourth-order valence-corrected chi connectivity index (χ4v) is 4.38. The van der Waals surface area contributed by atoms with Crippen molar-refractivity contribution in [3.05, 3.63) is 59.2 Å². The minimum atomic E-state index is -0.808. The Labute approximate surface area is 197 Å². The average Bonchev–Trinajstić information content (AvgIpc) is 2.98. The van der Waals surface area contributed by atoms with E-state index in [2.05, 4.69) is 5.32 Å². The molecule has 1 aliphatic rings. The Hall–Kier alpha value is -3.32. The number of para-hydroxylation sites is 1. The van der Waals surface area contributed by atoms with Gasteiger partial charge in [0, 0.05) is 35.2 Å². The number of anilines is 1. The summed E-state index contributed by atoms with van der Waals surface area (Å²) in [7, 11) is 1.47. The highest BCUT2D eigenvalue weighted by atomic mass is 35.5. The number of rotatable bonds is 6. The van der Waals surface area contributed by atoms with E-state index < -0.39 is 11.7 Å². The molecule has 2 amide bonds. The van der Waals surface area contributed by atoms with E-state index in [9.17, 15) is 14.4 Å². The van der Waals surface area contributed by atoms with Crippen LogP contribution < -0.4 is 10.1 Å². The van der Waals surface area contributed by atoms with E-state index >= 15 is 0 Å². The lowest BCUT2D eigenvalue weighted by Crippen LogP contribution is -2.34. The van der Waals surface area contributed by atoms with Crippen molar-refractivity contribution in [2.24, 2.45) is 0 Å². The fraction of sp³-hybridized carbons (Fsp3) is 0.320. The van der Waals surface area contributed by atoms with E-state index in [1.54, 1.807) is 35.0 Å². The number of nitrogens with one attached hydrogen (secondary N) is 1. The van der Waals surface area contributed by atoms with Crippen molar-refractivity contribution < 1.29 is 19.1 Å². The van der Waals surface area contributed by atoms with Gasteiger partial charge in [-0.1, -0.05) is 42.6 Å². The molecule has 2 aromatic carbocycles. The van der Waals surface area contributed by atoms with Gasteiger partial charge < -0.3 is 19.5 Å². The SMILES string of the molecule is COc1ccc(Cl)cc1NC(=O)C(=O)c1cn(CC(=O)N2CCCCCC2)c2ccccc12. The Kier molecular flexibility index (Phi) is 6.99. The summed E-state index contributed by atoms with van der Waals surface area (Å²) < 4.78 is 6.99. The second kappa shape index (κ2) is 10.1. The van der Waals surface area contributed by atoms with Crippen molar-refractivity contribution in [2.75, 3.05) is 25.5 Å². The van der Waals surface area contributed by atoms with Crippen LogP contribution in [0, 0.1) is 0 Å². The van der Waals surface area contributed by atoms with Gasteiger partial charge in [-0.3, -0.25) is 14.4 Å². The first kappa shape index (κ1) is 22.9. The molecule has 33 heavy (non-hydrogen) atoms. The smallest absolute Gasteiger partial charge is 0.296 e. The quantitative estimate of drug-likeness (QED) is 0.426. The van der Waals surface area contributed by atoms with Crippen molar-refractivity contribution in [1.82, 2.24) is 9.47 Å². The highest BCUT2D eigenvalue weighted by Crippen LogP contribution is 2.28. The van der Waals surface area contributed by atoms with Crippen molar-refractivity contribution in [3.8, 4) is 5.75 Å². The van der Waals surface area contributed by atoms with Gasteiger partial charge in [0.1, 0.15) is 12.3 Å². The first-order valence-electron chi connectivity index (χ1n) is 11.0. The average molecular weight is 468 g/mol. The molecule has 0 saturated carbocycles. The van der Waals surface area contributed by atoms with E-state index in [0.29, 0.717) is 21.8 Å². The van der Waals surface area contributed by atoms with Gasteiger partial charge in [-0.15, -0.1) is 0 Å². The van der Waals surface area contributed by atoms with Crippen LogP contribution in [0.3, 0.4) is 0 Å².